The summed E-state index contributed by atoms with van der Waals surface area (Å²) in [5.41, 5.74) is 0.852. The third-order valence-electron chi connectivity index (χ3n) is 4.29. The molecule has 4 nitrogen and oxygen atoms in total. The van der Waals surface area contributed by atoms with Crippen LogP contribution < -0.4 is 5.32 Å². The minimum atomic E-state index is 0.426. The van der Waals surface area contributed by atoms with E-state index >= 15 is 0 Å². The highest BCUT2D eigenvalue weighted by atomic mass is 15.3. The molecule has 1 fully saturated rings. The summed E-state index contributed by atoms with van der Waals surface area (Å²) in [5.74, 6) is 2.00. The van der Waals surface area contributed by atoms with Crippen LogP contribution in [0.1, 0.15) is 58.6 Å². The lowest BCUT2D eigenvalue weighted by atomic mass is 9.63. The summed E-state index contributed by atoms with van der Waals surface area (Å²) >= 11 is 0. The fraction of sp³-hybridized carbons (Fsp3) is 0.867. The predicted molar refractivity (Wildman–Crippen MR) is 77.8 cm³/mol. The summed E-state index contributed by atoms with van der Waals surface area (Å²) in [6, 6.07) is 0.579. The van der Waals surface area contributed by atoms with Crippen molar-refractivity contribution in [1.29, 1.82) is 0 Å². The van der Waals surface area contributed by atoms with Crippen molar-refractivity contribution >= 4 is 0 Å². The maximum absolute atomic E-state index is 4.22. The molecule has 19 heavy (non-hydrogen) atoms. The zero-order chi connectivity index (χ0) is 14.3. The van der Waals surface area contributed by atoms with Gasteiger partial charge in [-0.2, -0.15) is 0 Å². The molecule has 0 spiro atoms. The Morgan fingerprint density at radius 3 is 2.21 bits per heavy atom. The van der Waals surface area contributed by atoms with Gasteiger partial charge in [0.05, 0.1) is 6.54 Å². The van der Waals surface area contributed by atoms with Gasteiger partial charge in [-0.25, -0.2) is 0 Å². The fourth-order valence-electron chi connectivity index (χ4n) is 3.83. The summed E-state index contributed by atoms with van der Waals surface area (Å²) in [6.07, 6.45) is 3.79. The first-order valence-corrected chi connectivity index (χ1v) is 7.27. The molecular weight excluding hydrogens is 236 g/mol. The van der Waals surface area contributed by atoms with Gasteiger partial charge < -0.3 is 9.88 Å². The molecule has 4 heteroatoms. The first-order valence-electron chi connectivity index (χ1n) is 7.27. The molecule has 0 atom stereocenters. The van der Waals surface area contributed by atoms with E-state index in [1.165, 1.54) is 19.3 Å². The lowest BCUT2D eigenvalue weighted by molar-refractivity contribution is 0.0841. The van der Waals surface area contributed by atoms with E-state index in [4.69, 9.17) is 0 Å². The van der Waals surface area contributed by atoms with Crippen molar-refractivity contribution in [3.8, 4) is 0 Å². The molecule has 1 heterocycles. The highest BCUT2D eigenvalue weighted by Gasteiger charge is 2.38. The van der Waals surface area contributed by atoms with Gasteiger partial charge in [-0.15, -0.1) is 10.2 Å². The van der Waals surface area contributed by atoms with Gasteiger partial charge in [0.2, 0.25) is 0 Å². The van der Waals surface area contributed by atoms with Gasteiger partial charge in [0.15, 0.2) is 0 Å². The molecule has 0 radical (unpaired) electrons. The number of rotatable bonds is 3. The van der Waals surface area contributed by atoms with Crippen LogP contribution in [0.2, 0.25) is 0 Å². The minimum Gasteiger partial charge on any atom is -0.317 e. The Kier molecular flexibility index (Phi) is 3.74. The number of hydrogen-bond acceptors (Lipinski definition) is 3. The second kappa shape index (κ2) is 4.89. The largest absolute Gasteiger partial charge is 0.317 e. The Hall–Kier alpha value is -0.900. The SMILES string of the molecule is Cc1nnc(CNC2CC(C)(C)CC(C)(C)C2)n1C. The molecule has 108 valence electrons. The number of aromatic nitrogens is 3. The van der Waals surface area contributed by atoms with Crippen molar-refractivity contribution in [1.82, 2.24) is 20.1 Å². The maximum atomic E-state index is 4.22. The fourth-order valence-corrected chi connectivity index (χ4v) is 3.83. The number of aryl methyl sites for hydroxylation is 1. The third kappa shape index (κ3) is 3.56. The average molecular weight is 264 g/mol. The van der Waals surface area contributed by atoms with Gasteiger partial charge >= 0.3 is 0 Å². The summed E-state index contributed by atoms with van der Waals surface area (Å²) in [4.78, 5) is 0. The van der Waals surface area contributed by atoms with Crippen LogP contribution in [0.25, 0.3) is 0 Å². The van der Waals surface area contributed by atoms with Crippen LogP contribution in [0.15, 0.2) is 0 Å². The Morgan fingerprint density at radius 2 is 1.74 bits per heavy atom. The first kappa shape index (κ1) is 14.5. The van der Waals surface area contributed by atoms with Crippen LogP contribution in [-0.2, 0) is 13.6 Å². The highest BCUT2D eigenvalue weighted by Crippen LogP contribution is 2.45. The number of nitrogens with one attached hydrogen (secondary N) is 1. The van der Waals surface area contributed by atoms with E-state index in [9.17, 15) is 0 Å². The standard InChI is InChI=1S/C15H28N4/c1-11-17-18-13(19(11)6)9-16-12-7-14(2,3)10-15(4,5)8-12/h12,16H,7-10H2,1-6H3. The van der Waals surface area contributed by atoms with Crippen molar-refractivity contribution in [2.75, 3.05) is 0 Å². The average Bonchev–Trinajstić information content (AvgIpc) is 2.53. The van der Waals surface area contributed by atoms with Crippen LogP contribution in [0, 0.1) is 17.8 Å². The molecule has 1 aliphatic carbocycles. The van der Waals surface area contributed by atoms with Crippen molar-refractivity contribution < 1.29 is 0 Å². The summed E-state index contributed by atoms with van der Waals surface area (Å²) in [7, 11) is 2.03. The number of nitrogens with zero attached hydrogens (tertiary/aromatic N) is 3. The molecule has 1 N–H and O–H groups in total. The molecule has 0 unspecified atom stereocenters. The number of hydrogen-bond donors (Lipinski definition) is 1. The molecule has 0 aromatic carbocycles. The van der Waals surface area contributed by atoms with Crippen LogP contribution in [-0.4, -0.2) is 20.8 Å². The lowest BCUT2D eigenvalue weighted by Gasteiger charge is -2.45. The second-order valence-electron chi connectivity index (χ2n) is 7.71. The maximum Gasteiger partial charge on any atom is 0.146 e. The van der Waals surface area contributed by atoms with E-state index in [-0.39, 0.29) is 0 Å². The Morgan fingerprint density at radius 1 is 1.16 bits per heavy atom. The monoisotopic (exact) mass is 264 g/mol. The van der Waals surface area contributed by atoms with E-state index in [1.807, 2.05) is 14.0 Å². The molecule has 1 aromatic rings. The van der Waals surface area contributed by atoms with Gasteiger partial charge in [-0.1, -0.05) is 27.7 Å². The van der Waals surface area contributed by atoms with Gasteiger partial charge in [-0.3, -0.25) is 0 Å². The zero-order valence-electron chi connectivity index (χ0n) is 13.2. The molecular formula is C15H28N4. The first-order chi connectivity index (χ1) is 8.69. The molecule has 1 aromatic heterocycles. The van der Waals surface area contributed by atoms with E-state index in [1.54, 1.807) is 0 Å². The lowest BCUT2D eigenvalue weighted by Crippen LogP contribution is -2.43. The molecule has 2 rings (SSSR count). The van der Waals surface area contributed by atoms with E-state index in [0.717, 1.165) is 18.2 Å². The van der Waals surface area contributed by atoms with E-state index < -0.39 is 0 Å². The van der Waals surface area contributed by atoms with Crippen LogP contribution >= 0.6 is 0 Å². The van der Waals surface area contributed by atoms with Gasteiger partial charge in [0.1, 0.15) is 11.6 Å². The smallest absolute Gasteiger partial charge is 0.146 e. The Bertz CT molecular complexity index is 429. The zero-order valence-corrected chi connectivity index (χ0v) is 13.2. The normalized spacial score (nSPS) is 22.6. The van der Waals surface area contributed by atoms with E-state index in [0.29, 0.717) is 16.9 Å². The predicted octanol–water partition coefficient (Wildman–Crippen LogP) is 2.82. The molecule has 0 saturated heterocycles. The molecule has 0 bridgehead atoms. The summed E-state index contributed by atoms with van der Waals surface area (Å²) < 4.78 is 2.06. The van der Waals surface area contributed by atoms with Gasteiger partial charge in [-0.05, 0) is 37.0 Å². The van der Waals surface area contributed by atoms with Crippen molar-refractivity contribution in [2.45, 2.75) is 66.5 Å². The van der Waals surface area contributed by atoms with Crippen LogP contribution in [0.4, 0.5) is 0 Å². The van der Waals surface area contributed by atoms with Gasteiger partial charge in [0, 0.05) is 13.1 Å². The summed E-state index contributed by atoms with van der Waals surface area (Å²) in [6.45, 7) is 12.3. The Labute approximate surface area is 117 Å². The molecule has 0 amide bonds. The highest BCUT2D eigenvalue weighted by molar-refractivity contribution is 4.95. The molecule has 0 aliphatic heterocycles. The van der Waals surface area contributed by atoms with Crippen molar-refractivity contribution in [3.05, 3.63) is 11.6 Å². The Balaban J connectivity index is 1.98. The van der Waals surface area contributed by atoms with Gasteiger partial charge in [0.25, 0.3) is 0 Å². The van der Waals surface area contributed by atoms with E-state index in [2.05, 4.69) is 47.8 Å². The quantitative estimate of drug-likeness (QED) is 0.913. The van der Waals surface area contributed by atoms with Crippen LogP contribution in [0.3, 0.4) is 0 Å². The van der Waals surface area contributed by atoms with Crippen molar-refractivity contribution in [2.24, 2.45) is 17.9 Å². The third-order valence-corrected chi connectivity index (χ3v) is 4.29. The second-order valence-corrected chi connectivity index (χ2v) is 7.71. The topological polar surface area (TPSA) is 42.7 Å². The summed E-state index contributed by atoms with van der Waals surface area (Å²) in [5, 5.41) is 12.0. The van der Waals surface area contributed by atoms with Crippen LogP contribution in [0.5, 0.6) is 0 Å². The minimum absolute atomic E-state index is 0.426. The van der Waals surface area contributed by atoms with Crippen molar-refractivity contribution in [3.63, 3.8) is 0 Å². The molecule has 1 saturated carbocycles. The molecule has 1 aliphatic rings.